The Morgan fingerprint density at radius 3 is 2.60 bits per heavy atom. The number of rotatable bonds is 4. The average Bonchev–Trinajstić information content (AvgIpc) is 2.18. The summed E-state index contributed by atoms with van der Waals surface area (Å²) < 4.78 is 5.51. The van der Waals surface area contributed by atoms with Gasteiger partial charge in [-0.25, -0.2) is 0 Å². The second-order valence-corrected chi connectivity index (χ2v) is 5.87. The minimum absolute atomic E-state index is 0.365. The Hall–Kier alpha value is -0.0800. The van der Waals surface area contributed by atoms with Crippen LogP contribution in [0.3, 0.4) is 0 Å². The molecule has 2 heteroatoms. The predicted octanol–water partition coefficient (Wildman–Crippen LogP) is 2.83. The van der Waals surface area contributed by atoms with Gasteiger partial charge in [-0.15, -0.1) is 0 Å². The van der Waals surface area contributed by atoms with Crippen molar-refractivity contribution in [2.24, 2.45) is 11.3 Å². The monoisotopic (exact) mass is 213 g/mol. The van der Waals surface area contributed by atoms with Crippen LogP contribution in [0, 0.1) is 11.3 Å². The maximum atomic E-state index is 5.51. The SMILES string of the molecule is CNC(CCC1CCCOC1)C(C)(C)C. The van der Waals surface area contributed by atoms with Gasteiger partial charge in [0.25, 0.3) is 0 Å². The predicted molar refractivity (Wildman–Crippen MR) is 65.1 cm³/mol. The van der Waals surface area contributed by atoms with Gasteiger partial charge in [0.1, 0.15) is 0 Å². The van der Waals surface area contributed by atoms with Crippen LogP contribution in [0.2, 0.25) is 0 Å². The first-order valence-electron chi connectivity index (χ1n) is 6.29. The van der Waals surface area contributed by atoms with Crippen molar-refractivity contribution in [1.29, 1.82) is 0 Å². The molecule has 2 unspecified atom stereocenters. The summed E-state index contributed by atoms with van der Waals surface area (Å²) in [4.78, 5) is 0. The van der Waals surface area contributed by atoms with Gasteiger partial charge in [0, 0.05) is 19.3 Å². The van der Waals surface area contributed by atoms with Crippen molar-refractivity contribution in [1.82, 2.24) is 5.32 Å². The Balaban J connectivity index is 2.27. The van der Waals surface area contributed by atoms with E-state index in [1.165, 1.54) is 25.7 Å². The summed E-state index contributed by atoms with van der Waals surface area (Å²) in [5, 5.41) is 3.44. The van der Waals surface area contributed by atoms with E-state index in [4.69, 9.17) is 4.74 Å². The molecule has 1 N–H and O–H groups in total. The van der Waals surface area contributed by atoms with E-state index in [9.17, 15) is 0 Å². The van der Waals surface area contributed by atoms with Crippen LogP contribution in [0.4, 0.5) is 0 Å². The Morgan fingerprint density at radius 2 is 2.13 bits per heavy atom. The summed E-state index contributed by atoms with van der Waals surface area (Å²) in [6, 6.07) is 0.624. The molecule has 1 rings (SSSR count). The van der Waals surface area contributed by atoms with Crippen molar-refractivity contribution in [2.45, 2.75) is 52.5 Å². The molecule has 0 bridgehead atoms. The minimum Gasteiger partial charge on any atom is -0.381 e. The molecular weight excluding hydrogens is 186 g/mol. The van der Waals surface area contributed by atoms with Gasteiger partial charge >= 0.3 is 0 Å². The quantitative estimate of drug-likeness (QED) is 0.775. The Labute approximate surface area is 94.8 Å². The number of nitrogens with one attached hydrogen (secondary N) is 1. The van der Waals surface area contributed by atoms with Crippen LogP contribution in [-0.2, 0) is 4.74 Å². The molecule has 1 aliphatic heterocycles. The first kappa shape index (κ1) is 13.0. The van der Waals surface area contributed by atoms with Crippen molar-refractivity contribution in [2.75, 3.05) is 20.3 Å². The van der Waals surface area contributed by atoms with Crippen molar-refractivity contribution in [3.8, 4) is 0 Å². The lowest BCUT2D eigenvalue weighted by Gasteiger charge is -2.32. The summed E-state index contributed by atoms with van der Waals surface area (Å²) in [5.74, 6) is 0.803. The highest BCUT2D eigenvalue weighted by Gasteiger charge is 2.24. The van der Waals surface area contributed by atoms with Gasteiger partial charge in [-0.3, -0.25) is 0 Å². The van der Waals surface area contributed by atoms with Gasteiger partial charge in [-0.2, -0.15) is 0 Å². The van der Waals surface area contributed by atoms with E-state index in [0.29, 0.717) is 11.5 Å². The number of hydrogen-bond donors (Lipinski definition) is 1. The van der Waals surface area contributed by atoms with Crippen molar-refractivity contribution in [3.05, 3.63) is 0 Å². The van der Waals surface area contributed by atoms with E-state index in [1.54, 1.807) is 0 Å². The van der Waals surface area contributed by atoms with E-state index < -0.39 is 0 Å². The van der Waals surface area contributed by atoms with Crippen molar-refractivity contribution >= 4 is 0 Å². The molecule has 0 radical (unpaired) electrons. The molecule has 0 aliphatic carbocycles. The summed E-state index contributed by atoms with van der Waals surface area (Å²) in [6.07, 6.45) is 5.20. The fourth-order valence-corrected chi connectivity index (χ4v) is 2.45. The summed E-state index contributed by atoms with van der Waals surface area (Å²) >= 11 is 0. The Kier molecular flexibility index (Phi) is 5.07. The third-order valence-electron chi connectivity index (χ3n) is 3.51. The Bertz CT molecular complexity index is 168. The highest BCUT2D eigenvalue weighted by molar-refractivity contribution is 4.80. The summed E-state index contributed by atoms with van der Waals surface area (Å²) in [5.41, 5.74) is 0.365. The lowest BCUT2D eigenvalue weighted by Crippen LogP contribution is -2.38. The smallest absolute Gasteiger partial charge is 0.0494 e. The van der Waals surface area contributed by atoms with Crippen molar-refractivity contribution in [3.63, 3.8) is 0 Å². The van der Waals surface area contributed by atoms with E-state index in [2.05, 4.69) is 33.1 Å². The van der Waals surface area contributed by atoms with Crippen LogP contribution in [0.1, 0.15) is 46.5 Å². The van der Waals surface area contributed by atoms with E-state index in [0.717, 1.165) is 19.1 Å². The molecule has 0 amide bonds. The molecule has 90 valence electrons. The lowest BCUT2D eigenvalue weighted by molar-refractivity contribution is 0.0481. The summed E-state index contributed by atoms with van der Waals surface area (Å²) in [6.45, 7) is 8.90. The van der Waals surface area contributed by atoms with E-state index in [1.807, 2.05) is 0 Å². The average molecular weight is 213 g/mol. The topological polar surface area (TPSA) is 21.3 Å². The van der Waals surface area contributed by atoms with Gasteiger partial charge in [-0.05, 0) is 44.1 Å². The summed E-state index contributed by atoms with van der Waals surface area (Å²) in [7, 11) is 2.08. The third-order valence-corrected chi connectivity index (χ3v) is 3.51. The molecule has 1 fully saturated rings. The van der Waals surface area contributed by atoms with Crippen LogP contribution >= 0.6 is 0 Å². The number of hydrogen-bond acceptors (Lipinski definition) is 2. The normalized spacial score (nSPS) is 25.2. The first-order valence-corrected chi connectivity index (χ1v) is 6.29. The molecule has 2 atom stereocenters. The van der Waals surface area contributed by atoms with E-state index >= 15 is 0 Å². The highest BCUT2D eigenvalue weighted by atomic mass is 16.5. The minimum atomic E-state index is 0.365. The van der Waals surface area contributed by atoms with Crippen LogP contribution < -0.4 is 5.32 Å². The molecule has 0 aromatic carbocycles. The highest BCUT2D eigenvalue weighted by Crippen LogP contribution is 2.26. The standard InChI is InChI=1S/C13H27NO/c1-13(2,3)12(14-4)8-7-11-6-5-9-15-10-11/h11-12,14H,5-10H2,1-4H3. The second kappa shape index (κ2) is 5.86. The molecule has 1 heterocycles. The lowest BCUT2D eigenvalue weighted by atomic mass is 9.82. The molecule has 0 aromatic heterocycles. The largest absolute Gasteiger partial charge is 0.381 e. The Morgan fingerprint density at radius 1 is 1.40 bits per heavy atom. The zero-order valence-electron chi connectivity index (χ0n) is 10.8. The second-order valence-electron chi connectivity index (χ2n) is 5.87. The van der Waals surface area contributed by atoms with Crippen molar-refractivity contribution < 1.29 is 4.74 Å². The van der Waals surface area contributed by atoms with Gasteiger partial charge < -0.3 is 10.1 Å². The maximum Gasteiger partial charge on any atom is 0.0494 e. The molecule has 2 nitrogen and oxygen atoms in total. The molecule has 1 saturated heterocycles. The molecule has 0 saturated carbocycles. The molecular formula is C13H27NO. The van der Waals surface area contributed by atoms with Crippen LogP contribution in [-0.4, -0.2) is 26.3 Å². The maximum absolute atomic E-state index is 5.51. The third kappa shape index (κ3) is 4.52. The van der Waals surface area contributed by atoms with Gasteiger partial charge in [0.15, 0.2) is 0 Å². The van der Waals surface area contributed by atoms with Gasteiger partial charge in [-0.1, -0.05) is 20.8 Å². The molecule has 0 aromatic rings. The fourth-order valence-electron chi connectivity index (χ4n) is 2.45. The zero-order chi connectivity index (χ0) is 11.3. The number of ether oxygens (including phenoxy) is 1. The molecule has 15 heavy (non-hydrogen) atoms. The fraction of sp³-hybridized carbons (Fsp3) is 1.00. The molecule has 1 aliphatic rings. The van der Waals surface area contributed by atoms with Gasteiger partial charge in [0.2, 0.25) is 0 Å². The first-order chi connectivity index (χ1) is 7.04. The van der Waals surface area contributed by atoms with Crippen LogP contribution in [0.15, 0.2) is 0 Å². The molecule has 0 spiro atoms. The van der Waals surface area contributed by atoms with Gasteiger partial charge in [0.05, 0.1) is 0 Å². The van der Waals surface area contributed by atoms with Crippen LogP contribution in [0.5, 0.6) is 0 Å². The van der Waals surface area contributed by atoms with E-state index in [-0.39, 0.29) is 0 Å². The zero-order valence-corrected chi connectivity index (χ0v) is 10.8. The van der Waals surface area contributed by atoms with Crippen LogP contribution in [0.25, 0.3) is 0 Å².